The SMILES string of the molecule is NCCc1nnc(NCC2CCSCC2)o1. The fraction of sp³-hybridized carbons (Fsp3) is 0.800. The topological polar surface area (TPSA) is 77.0 Å². The summed E-state index contributed by atoms with van der Waals surface area (Å²) in [5.74, 6) is 3.90. The van der Waals surface area contributed by atoms with Crippen LogP contribution in [0.2, 0.25) is 0 Å². The Bertz CT molecular complexity index is 312. The number of nitrogens with zero attached hydrogens (tertiary/aromatic N) is 2. The molecule has 2 rings (SSSR count). The molecule has 1 fully saturated rings. The molecule has 1 aromatic heterocycles. The highest BCUT2D eigenvalue weighted by Gasteiger charge is 2.14. The highest BCUT2D eigenvalue weighted by molar-refractivity contribution is 7.99. The van der Waals surface area contributed by atoms with E-state index in [1.54, 1.807) is 0 Å². The molecular weight excluding hydrogens is 224 g/mol. The van der Waals surface area contributed by atoms with Crippen molar-refractivity contribution < 1.29 is 4.42 Å². The van der Waals surface area contributed by atoms with E-state index >= 15 is 0 Å². The van der Waals surface area contributed by atoms with Gasteiger partial charge >= 0.3 is 6.01 Å². The lowest BCUT2D eigenvalue weighted by molar-refractivity contribution is 0.481. The van der Waals surface area contributed by atoms with E-state index in [-0.39, 0.29) is 0 Å². The molecule has 6 heteroatoms. The second-order valence-electron chi connectivity index (χ2n) is 3.98. The molecule has 0 bridgehead atoms. The first-order valence-corrected chi connectivity index (χ1v) is 6.88. The zero-order valence-corrected chi connectivity index (χ0v) is 10.1. The molecule has 1 saturated heterocycles. The van der Waals surface area contributed by atoms with Crippen LogP contribution in [0.15, 0.2) is 4.42 Å². The summed E-state index contributed by atoms with van der Waals surface area (Å²) in [5.41, 5.74) is 5.41. The first-order valence-electron chi connectivity index (χ1n) is 5.72. The Kier molecular flexibility index (Phi) is 4.47. The number of nitrogens with two attached hydrogens (primary N) is 1. The third-order valence-electron chi connectivity index (χ3n) is 2.71. The monoisotopic (exact) mass is 242 g/mol. The Morgan fingerprint density at radius 2 is 2.19 bits per heavy atom. The minimum atomic E-state index is 0.529. The van der Waals surface area contributed by atoms with Crippen molar-refractivity contribution in [3.63, 3.8) is 0 Å². The summed E-state index contributed by atoms with van der Waals surface area (Å²) in [5, 5.41) is 11.0. The van der Waals surface area contributed by atoms with Crippen LogP contribution in [0.1, 0.15) is 18.7 Å². The molecule has 1 aromatic rings. The molecule has 1 aliphatic rings. The van der Waals surface area contributed by atoms with Gasteiger partial charge in [-0.2, -0.15) is 11.8 Å². The van der Waals surface area contributed by atoms with Crippen LogP contribution in [0.4, 0.5) is 6.01 Å². The number of rotatable bonds is 5. The fourth-order valence-electron chi connectivity index (χ4n) is 1.73. The van der Waals surface area contributed by atoms with Crippen molar-refractivity contribution in [2.75, 3.05) is 29.9 Å². The minimum Gasteiger partial charge on any atom is -0.408 e. The first kappa shape index (κ1) is 11.7. The van der Waals surface area contributed by atoms with Crippen molar-refractivity contribution in [2.24, 2.45) is 11.7 Å². The average Bonchev–Trinajstić information content (AvgIpc) is 2.76. The van der Waals surface area contributed by atoms with Crippen LogP contribution in [-0.4, -0.2) is 34.8 Å². The molecule has 1 aliphatic heterocycles. The van der Waals surface area contributed by atoms with Gasteiger partial charge in [-0.25, -0.2) is 0 Å². The zero-order valence-electron chi connectivity index (χ0n) is 9.32. The van der Waals surface area contributed by atoms with Gasteiger partial charge in [-0.05, 0) is 30.3 Å². The van der Waals surface area contributed by atoms with Crippen molar-refractivity contribution in [1.29, 1.82) is 0 Å². The second-order valence-corrected chi connectivity index (χ2v) is 5.20. The second kappa shape index (κ2) is 6.10. The number of aromatic nitrogens is 2. The molecule has 90 valence electrons. The van der Waals surface area contributed by atoms with Crippen LogP contribution in [0.3, 0.4) is 0 Å². The number of hydrogen-bond acceptors (Lipinski definition) is 6. The van der Waals surface area contributed by atoms with Gasteiger partial charge in [-0.3, -0.25) is 0 Å². The Morgan fingerprint density at radius 1 is 1.38 bits per heavy atom. The largest absolute Gasteiger partial charge is 0.408 e. The molecule has 0 aliphatic carbocycles. The third-order valence-corrected chi connectivity index (χ3v) is 3.76. The van der Waals surface area contributed by atoms with E-state index in [0.717, 1.165) is 12.5 Å². The fourth-order valence-corrected chi connectivity index (χ4v) is 2.94. The standard InChI is InChI=1S/C10H18N4OS/c11-4-1-9-13-14-10(15-9)12-7-8-2-5-16-6-3-8/h8H,1-7,11H2,(H,12,14). The van der Waals surface area contributed by atoms with Crippen molar-refractivity contribution in [1.82, 2.24) is 10.2 Å². The maximum absolute atomic E-state index is 5.41. The maximum Gasteiger partial charge on any atom is 0.315 e. The van der Waals surface area contributed by atoms with Crippen molar-refractivity contribution >= 4 is 17.8 Å². The molecule has 16 heavy (non-hydrogen) atoms. The third kappa shape index (κ3) is 3.38. The van der Waals surface area contributed by atoms with Gasteiger partial charge in [0.25, 0.3) is 0 Å². The van der Waals surface area contributed by atoms with E-state index in [0.29, 0.717) is 24.9 Å². The predicted octanol–water partition coefficient (Wildman–Crippen LogP) is 1.13. The van der Waals surface area contributed by atoms with E-state index < -0.39 is 0 Å². The molecule has 0 unspecified atom stereocenters. The molecule has 0 aromatic carbocycles. The summed E-state index contributed by atoms with van der Waals surface area (Å²) in [6.07, 6.45) is 3.21. The van der Waals surface area contributed by atoms with Crippen molar-refractivity contribution in [3.8, 4) is 0 Å². The van der Waals surface area contributed by atoms with Gasteiger partial charge in [-0.15, -0.1) is 5.10 Å². The van der Waals surface area contributed by atoms with Crippen LogP contribution in [0.5, 0.6) is 0 Å². The number of hydrogen-bond donors (Lipinski definition) is 2. The van der Waals surface area contributed by atoms with Gasteiger partial charge < -0.3 is 15.5 Å². The van der Waals surface area contributed by atoms with E-state index in [4.69, 9.17) is 10.2 Å². The van der Waals surface area contributed by atoms with Crippen LogP contribution < -0.4 is 11.1 Å². The minimum absolute atomic E-state index is 0.529. The van der Waals surface area contributed by atoms with Crippen molar-refractivity contribution in [3.05, 3.63) is 5.89 Å². The smallest absolute Gasteiger partial charge is 0.315 e. The molecule has 0 amide bonds. The Hall–Kier alpha value is -0.750. The summed E-state index contributed by atoms with van der Waals surface area (Å²) in [6, 6.07) is 0.529. The lowest BCUT2D eigenvalue weighted by Crippen LogP contribution is -2.19. The van der Waals surface area contributed by atoms with Crippen LogP contribution in [0, 0.1) is 5.92 Å². The Morgan fingerprint density at radius 3 is 2.94 bits per heavy atom. The quantitative estimate of drug-likeness (QED) is 0.806. The van der Waals surface area contributed by atoms with E-state index in [1.165, 1.54) is 24.3 Å². The van der Waals surface area contributed by atoms with Gasteiger partial charge in [0.1, 0.15) is 0 Å². The Labute approximate surface area is 99.6 Å². The van der Waals surface area contributed by atoms with E-state index in [9.17, 15) is 0 Å². The summed E-state index contributed by atoms with van der Waals surface area (Å²) in [6.45, 7) is 1.48. The van der Waals surface area contributed by atoms with Crippen molar-refractivity contribution in [2.45, 2.75) is 19.3 Å². The molecule has 0 saturated carbocycles. The number of thioether (sulfide) groups is 1. The average molecular weight is 242 g/mol. The lowest BCUT2D eigenvalue weighted by Gasteiger charge is -2.20. The highest BCUT2D eigenvalue weighted by atomic mass is 32.2. The molecule has 0 radical (unpaired) electrons. The normalized spacial score (nSPS) is 17.6. The van der Waals surface area contributed by atoms with Gasteiger partial charge in [0, 0.05) is 19.5 Å². The number of nitrogens with one attached hydrogen (secondary N) is 1. The summed E-state index contributed by atoms with van der Waals surface area (Å²) >= 11 is 2.04. The molecule has 0 atom stereocenters. The summed E-state index contributed by atoms with van der Waals surface area (Å²) in [4.78, 5) is 0. The highest BCUT2D eigenvalue weighted by Crippen LogP contribution is 2.22. The van der Waals surface area contributed by atoms with Crippen LogP contribution >= 0.6 is 11.8 Å². The molecule has 2 heterocycles. The summed E-state index contributed by atoms with van der Waals surface area (Å²) in [7, 11) is 0. The molecular formula is C10H18N4OS. The lowest BCUT2D eigenvalue weighted by atomic mass is 10.0. The Balaban J connectivity index is 1.75. The van der Waals surface area contributed by atoms with E-state index in [2.05, 4.69) is 15.5 Å². The van der Waals surface area contributed by atoms with Gasteiger partial charge in [-0.1, -0.05) is 5.10 Å². The number of anilines is 1. The molecule has 3 N–H and O–H groups in total. The van der Waals surface area contributed by atoms with E-state index in [1.807, 2.05) is 11.8 Å². The molecule has 0 spiro atoms. The zero-order chi connectivity index (χ0) is 11.2. The van der Waals surface area contributed by atoms with Gasteiger partial charge in [0.15, 0.2) is 0 Å². The maximum atomic E-state index is 5.41. The van der Waals surface area contributed by atoms with Crippen LogP contribution in [-0.2, 0) is 6.42 Å². The first-order chi connectivity index (χ1) is 7.88. The van der Waals surface area contributed by atoms with Gasteiger partial charge in [0.05, 0.1) is 0 Å². The van der Waals surface area contributed by atoms with Crippen LogP contribution in [0.25, 0.3) is 0 Å². The van der Waals surface area contributed by atoms with Gasteiger partial charge in [0.2, 0.25) is 5.89 Å². The molecule has 5 nitrogen and oxygen atoms in total. The summed E-state index contributed by atoms with van der Waals surface area (Å²) < 4.78 is 5.40. The predicted molar refractivity (Wildman–Crippen MR) is 65.6 cm³/mol.